The fraction of sp³-hybridized carbons (Fsp3) is 0.656. The van der Waals surface area contributed by atoms with E-state index in [1.807, 2.05) is 58.8 Å². The van der Waals surface area contributed by atoms with Gasteiger partial charge in [0, 0.05) is 44.0 Å². The Balaban J connectivity index is 1.62. The third-order valence-corrected chi connectivity index (χ3v) is 10.8. The number of likely N-dealkylation sites (N-methyl/N-ethyl adjacent to an activating group) is 1. The van der Waals surface area contributed by atoms with Crippen LogP contribution in [0.5, 0.6) is 0 Å². The number of aryl methyl sites for hydroxylation is 2. The molecule has 0 aliphatic carbocycles. The van der Waals surface area contributed by atoms with Crippen LogP contribution in [0, 0.1) is 19.8 Å². The topological polar surface area (TPSA) is 151 Å². The fourth-order valence-electron chi connectivity index (χ4n) is 6.58. The van der Waals surface area contributed by atoms with Gasteiger partial charge in [0.05, 0.1) is 22.7 Å². The first-order valence-electron chi connectivity index (χ1n) is 16.0. The second-order valence-corrected chi connectivity index (χ2v) is 14.9. The molecule has 0 saturated carbocycles. The molecular weight excluding hydrogens is 594 g/mol. The van der Waals surface area contributed by atoms with E-state index < -0.39 is 27.7 Å². The summed E-state index contributed by atoms with van der Waals surface area (Å²) in [7, 11) is 0.117. The monoisotopic (exact) mass is 645 g/mol. The Kier molecular flexibility index (Phi) is 11.1. The lowest BCUT2D eigenvalue weighted by atomic mass is 9.79. The van der Waals surface area contributed by atoms with Crippen molar-refractivity contribution in [2.45, 2.75) is 88.9 Å². The molecule has 0 radical (unpaired) electrons. The second-order valence-electron chi connectivity index (χ2n) is 13.1. The number of likely N-dealkylation sites (tertiary alicyclic amines) is 1. The maximum Gasteiger partial charge on any atom is 0.248 e. The molecule has 0 bridgehead atoms. The molecule has 45 heavy (non-hydrogen) atoms. The molecule has 2 fully saturated rings. The van der Waals surface area contributed by atoms with Crippen molar-refractivity contribution in [3.05, 3.63) is 46.8 Å². The summed E-state index contributed by atoms with van der Waals surface area (Å²) in [5.74, 6) is -0.599. The van der Waals surface area contributed by atoms with Crippen molar-refractivity contribution in [2.75, 3.05) is 46.8 Å². The normalized spacial score (nSPS) is 20.7. The van der Waals surface area contributed by atoms with E-state index in [9.17, 15) is 23.1 Å². The SMILES string of the molecule is CCCCN1C(=O)[C@@H]([C@H](O)C(C)C)NC(=O)C12CCN(C(c1ccc(S(=O)(=O)NCCN(C)C)cc1)c1c(C)n[nH]c1C)CC2. The number of aromatic nitrogens is 2. The van der Waals surface area contributed by atoms with Gasteiger partial charge < -0.3 is 20.2 Å². The van der Waals surface area contributed by atoms with E-state index in [1.165, 1.54) is 0 Å². The summed E-state index contributed by atoms with van der Waals surface area (Å²) in [5.41, 5.74) is 2.70. The molecule has 3 heterocycles. The van der Waals surface area contributed by atoms with E-state index >= 15 is 0 Å². The number of piperidine rings is 1. The maximum absolute atomic E-state index is 13.8. The molecule has 4 rings (SSSR count). The molecule has 12 nitrogen and oxygen atoms in total. The van der Waals surface area contributed by atoms with Gasteiger partial charge in [0.1, 0.15) is 11.6 Å². The average molecular weight is 646 g/mol. The number of carbonyl (C=O) groups excluding carboxylic acids is 2. The number of sulfonamides is 1. The van der Waals surface area contributed by atoms with Gasteiger partial charge in [0.15, 0.2) is 0 Å². The zero-order valence-corrected chi connectivity index (χ0v) is 28.6. The summed E-state index contributed by atoms with van der Waals surface area (Å²) in [5, 5.41) is 21.2. The molecule has 1 spiro atoms. The number of rotatable bonds is 13. The van der Waals surface area contributed by atoms with Gasteiger partial charge in [-0.15, -0.1) is 0 Å². The molecule has 2 aliphatic heterocycles. The molecule has 1 aromatic heterocycles. The number of piperazine rings is 1. The van der Waals surface area contributed by atoms with Crippen LogP contribution >= 0.6 is 0 Å². The van der Waals surface area contributed by atoms with Crippen LogP contribution in [0.4, 0.5) is 0 Å². The highest BCUT2D eigenvalue weighted by atomic mass is 32.2. The molecule has 1 unspecified atom stereocenters. The molecule has 3 atom stereocenters. The lowest BCUT2D eigenvalue weighted by Gasteiger charge is -2.53. The molecular formula is C32H51N7O5S. The number of hydrogen-bond donors (Lipinski definition) is 4. The highest BCUT2D eigenvalue weighted by Gasteiger charge is 2.55. The maximum atomic E-state index is 13.8. The van der Waals surface area contributed by atoms with Gasteiger partial charge in [-0.05, 0) is 70.8 Å². The number of nitrogens with one attached hydrogen (secondary N) is 3. The third-order valence-electron chi connectivity index (χ3n) is 9.32. The number of aromatic amines is 1. The summed E-state index contributed by atoms with van der Waals surface area (Å²) in [6.45, 7) is 12.1. The van der Waals surface area contributed by atoms with Crippen molar-refractivity contribution in [2.24, 2.45) is 5.92 Å². The number of unbranched alkanes of at least 4 members (excludes halogenated alkanes) is 1. The standard InChI is InChI=1S/C32H51N7O5S/c1-8-9-17-39-30(41)27(29(40)21(2)3)34-31(42)32(39)14-18-38(19-15-32)28(26-22(4)35-36-23(26)5)24-10-12-25(13-11-24)45(43,44)33-16-20-37(6)7/h10-13,21,27-29,33,40H,8-9,14-20H2,1-7H3,(H,34,42)(H,35,36)/t27-,28?,29-/m1/s1. The molecule has 13 heteroatoms. The van der Waals surface area contributed by atoms with Gasteiger partial charge in [-0.3, -0.25) is 19.6 Å². The Morgan fingerprint density at radius 2 is 1.78 bits per heavy atom. The zero-order valence-electron chi connectivity index (χ0n) is 27.8. The summed E-state index contributed by atoms with van der Waals surface area (Å²) < 4.78 is 28.5. The lowest BCUT2D eigenvalue weighted by molar-refractivity contribution is -0.165. The highest BCUT2D eigenvalue weighted by Crippen LogP contribution is 2.40. The smallest absolute Gasteiger partial charge is 0.248 e. The van der Waals surface area contributed by atoms with Crippen LogP contribution in [0.15, 0.2) is 29.2 Å². The van der Waals surface area contributed by atoms with Crippen molar-refractivity contribution in [3.8, 4) is 0 Å². The number of hydrogen-bond acceptors (Lipinski definition) is 8. The number of H-pyrrole nitrogens is 1. The predicted molar refractivity (Wildman–Crippen MR) is 173 cm³/mol. The predicted octanol–water partition coefficient (Wildman–Crippen LogP) is 1.93. The third kappa shape index (κ3) is 7.27. The first kappa shape index (κ1) is 35.0. The minimum absolute atomic E-state index is 0.180. The van der Waals surface area contributed by atoms with E-state index in [2.05, 4.69) is 32.1 Å². The van der Waals surface area contributed by atoms with Crippen molar-refractivity contribution in [3.63, 3.8) is 0 Å². The number of benzene rings is 1. The number of nitrogens with zero attached hydrogens (tertiary/aromatic N) is 4. The number of carbonyl (C=O) groups is 2. The largest absolute Gasteiger partial charge is 0.390 e. The van der Waals surface area contributed by atoms with Gasteiger partial charge >= 0.3 is 0 Å². The first-order valence-corrected chi connectivity index (χ1v) is 17.5. The van der Waals surface area contributed by atoms with Crippen LogP contribution in [0.3, 0.4) is 0 Å². The van der Waals surface area contributed by atoms with Gasteiger partial charge in [0.25, 0.3) is 0 Å². The van der Waals surface area contributed by atoms with E-state index in [-0.39, 0.29) is 28.7 Å². The van der Waals surface area contributed by atoms with Crippen LogP contribution in [-0.2, 0) is 19.6 Å². The zero-order chi connectivity index (χ0) is 33.1. The number of aliphatic hydroxyl groups excluding tert-OH is 1. The molecule has 4 N–H and O–H groups in total. The molecule has 250 valence electrons. The molecule has 2 amide bonds. The van der Waals surface area contributed by atoms with Crippen LogP contribution in [0.25, 0.3) is 0 Å². The summed E-state index contributed by atoms with van der Waals surface area (Å²) in [4.78, 5) is 33.8. The second kappa shape index (κ2) is 14.3. The van der Waals surface area contributed by atoms with Gasteiger partial charge in [-0.1, -0.05) is 39.3 Å². The number of aliphatic hydroxyl groups is 1. The Morgan fingerprint density at radius 3 is 2.31 bits per heavy atom. The van der Waals surface area contributed by atoms with Crippen molar-refractivity contribution < 1.29 is 23.1 Å². The fourth-order valence-corrected chi connectivity index (χ4v) is 7.60. The summed E-state index contributed by atoms with van der Waals surface area (Å²) in [6.07, 6.45) is 1.56. The first-order chi connectivity index (χ1) is 21.2. The quantitative estimate of drug-likeness (QED) is 0.258. The minimum atomic E-state index is -3.66. The van der Waals surface area contributed by atoms with Gasteiger partial charge in [-0.2, -0.15) is 5.10 Å². The lowest BCUT2D eigenvalue weighted by Crippen LogP contribution is -2.75. The summed E-state index contributed by atoms with van der Waals surface area (Å²) >= 11 is 0. The average Bonchev–Trinajstić information content (AvgIpc) is 3.32. The Morgan fingerprint density at radius 1 is 1.13 bits per heavy atom. The van der Waals surface area contributed by atoms with E-state index in [1.54, 1.807) is 17.0 Å². The summed E-state index contributed by atoms with van der Waals surface area (Å²) in [6, 6.07) is 5.79. The van der Waals surface area contributed by atoms with Crippen LogP contribution in [-0.4, -0.2) is 115 Å². The van der Waals surface area contributed by atoms with Crippen molar-refractivity contribution >= 4 is 21.8 Å². The Bertz CT molecular complexity index is 1410. The molecule has 2 saturated heterocycles. The van der Waals surface area contributed by atoms with Gasteiger partial charge in [-0.25, -0.2) is 13.1 Å². The van der Waals surface area contributed by atoms with E-state index in [0.29, 0.717) is 45.6 Å². The van der Waals surface area contributed by atoms with E-state index in [0.717, 1.165) is 35.4 Å². The van der Waals surface area contributed by atoms with Gasteiger partial charge in [0.2, 0.25) is 21.8 Å². The minimum Gasteiger partial charge on any atom is -0.390 e. The molecule has 2 aromatic rings. The van der Waals surface area contributed by atoms with E-state index in [4.69, 9.17) is 0 Å². The molecule has 1 aromatic carbocycles. The van der Waals surface area contributed by atoms with Crippen molar-refractivity contribution in [1.29, 1.82) is 0 Å². The Hall–Kier alpha value is -2.84. The van der Waals surface area contributed by atoms with Crippen LogP contribution in [0.1, 0.15) is 75.0 Å². The number of amides is 2. The van der Waals surface area contributed by atoms with Crippen molar-refractivity contribution in [1.82, 2.24) is 34.9 Å². The van der Waals surface area contributed by atoms with Crippen LogP contribution < -0.4 is 10.0 Å². The molecule has 2 aliphatic rings. The Labute approximate surface area is 268 Å². The highest BCUT2D eigenvalue weighted by molar-refractivity contribution is 7.89. The van der Waals surface area contributed by atoms with Crippen LogP contribution in [0.2, 0.25) is 0 Å².